The highest BCUT2D eigenvalue weighted by molar-refractivity contribution is 5.94. The number of aromatic amines is 2. The first-order chi connectivity index (χ1) is 17.5. The number of aromatic nitrogens is 3. The summed E-state index contributed by atoms with van der Waals surface area (Å²) in [5.41, 5.74) is 1.04. The van der Waals surface area contributed by atoms with Crippen molar-refractivity contribution in [3.8, 4) is 11.1 Å². The summed E-state index contributed by atoms with van der Waals surface area (Å²) in [6, 6.07) is 11.5. The first kappa shape index (κ1) is 28.4. The molecule has 0 fully saturated rings. The molecule has 0 saturated carbocycles. The SMILES string of the molecule is CC(CNC(=O)c1[nH]c(=O)c(C(=O)NC(C)(C)c2ccc(-c3cccnc3)cc2)c[nH+]1)C(=O)O.O=C[O-]. The van der Waals surface area contributed by atoms with Crippen LogP contribution in [0.3, 0.4) is 0 Å². The number of carboxylic acids is 1. The van der Waals surface area contributed by atoms with Crippen molar-refractivity contribution in [3.63, 3.8) is 0 Å². The summed E-state index contributed by atoms with van der Waals surface area (Å²) in [6.07, 6.45) is 4.61. The highest BCUT2D eigenvalue weighted by Crippen LogP contribution is 2.24. The van der Waals surface area contributed by atoms with Crippen LogP contribution in [0.2, 0.25) is 0 Å². The minimum Gasteiger partial charge on any atom is -0.554 e. The van der Waals surface area contributed by atoms with Crippen LogP contribution in [0.25, 0.3) is 11.1 Å². The number of amides is 2. The van der Waals surface area contributed by atoms with Gasteiger partial charge in [-0.2, -0.15) is 0 Å². The number of pyridine rings is 1. The highest BCUT2D eigenvalue weighted by atomic mass is 16.4. The van der Waals surface area contributed by atoms with Crippen molar-refractivity contribution in [2.45, 2.75) is 26.3 Å². The molecule has 194 valence electrons. The van der Waals surface area contributed by atoms with Crippen molar-refractivity contribution >= 4 is 24.3 Å². The predicted octanol–water partition coefficient (Wildman–Crippen LogP) is -0.267. The van der Waals surface area contributed by atoms with Crippen molar-refractivity contribution < 1.29 is 34.4 Å². The van der Waals surface area contributed by atoms with E-state index in [-0.39, 0.29) is 17.9 Å². The van der Waals surface area contributed by atoms with Crippen LogP contribution < -0.4 is 26.3 Å². The molecule has 1 aromatic carbocycles. The molecule has 5 N–H and O–H groups in total. The molecule has 0 aliphatic heterocycles. The molecule has 0 spiro atoms. The summed E-state index contributed by atoms with van der Waals surface area (Å²) in [5, 5.41) is 22.4. The lowest BCUT2D eigenvalue weighted by Gasteiger charge is -2.26. The third-order valence-electron chi connectivity index (χ3n) is 5.33. The van der Waals surface area contributed by atoms with Gasteiger partial charge < -0.3 is 25.6 Å². The fraction of sp³-hybridized carbons (Fsp3) is 0.240. The first-order valence-corrected chi connectivity index (χ1v) is 11.0. The maximum atomic E-state index is 12.8. The second-order valence-electron chi connectivity index (χ2n) is 8.48. The first-order valence-electron chi connectivity index (χ1n) is 11.0. The topological polar surface area (TPSA) is 196 Å². The molecule has 3 rings (SSSR count). The molecule has 2 aromatic heterocycles. The summed E-state index contributed by atoms with van der Waals surface area (Å²) in [5.74, 6) is -3.35. The van der Waals surface area contributed by atoms with E-state index in [9.17, 15) is 19.2 Å². The molecule has 37 heavy (non-hydrogen) atoms. The van der Waals surface area contributed by atoms with Gasteiger partial charge in [0.1, 0.15) is 6.20 Å². The van der Waals surface area contributed by atoms with Crippen LogP contribution in [-0.4, -0.2) is 45.9 Å². The van der Waals surface area contributed by atoms with Gasteiger partial charge in [-0.05, 0) is 36.6 Å². The van der Waals surface area contributed by atoms with Gasteiger partial charge in [-0.25, -0.2) is 14.8 Å². The van der Waals surface area contributed by atoms with E-state index in [1.807, 2.05) is 50.2 Å². The average molecular weight is 510 g/mol. The van der Waals surface area contributed by atoms with E-state index >= 15 is 0 Å². The van der Waals surface area contributed by atoms with Gasteiger partial charge in [0.05, 0.1) is 11.5 Å². The van der Waals surface area contributed by atoms with Gasteiger partial charge in [0.25, 0.3) is 5.91 Å². The number of hydrogen-bond acceptors (Lipinski definition) is 7. The smallest absolute Gasteiger partial charge is 0.348 e. The number of rotatable bonds is 8. The molecular formula is C25H27N5O7. The molecule has 1 unspecified atom stereocenters. The van der Waals surface area contributed by atoms with Crippen LogP contribution in [0.5, 0.6) is 0 Å². The lowest BCUT2D eigenvalue weighted by molar-refractivity contribution is -0.387. The Morgan fingerprint density at radius 1 is 1.16 bits per heavy atom. The van der Waals surface area contributed by atoms with Gasteiger partial charge >= 0.3 is 23.3 Å². The largest absolute Gasteiger partial charge is 0.554 e. The second-order valence-corrected chi connectivity index (χ2v) is 8.48. The van der Waals surface area contributed by atoms with Crippen LogP contribution in [-0.2, 0) is 15.1 Å². The molecule has 12 nitrogen and oxygen atoms in total. The van der Waals surface area contributed by atoms with Crippen molar-refractivity contribution in [2.75, 3.05) is 6.54 Å². The zero-order chi connectivity index (χ0) is 27.6. The summed E-state index contributed by atoms with van der Waals surface area (Å²) < 4.78 is 0. The van der Waals surface area contributed by atoms with E-state index in [1.54, 1.807) is 12.4 Å². The van der Waals surface area contributed by atoms with Crippen molar-refractivity contribution in [1.82, 2.24) is 20.6 Å². The molecule has 0 saturated heterocycles. The molecule has 0 radical (unpaired) electrons. The number of hydrogen-bond donors (Lipinski definition) is 4. The standard InChI is InChI=1S/C24H25N5O5.CH2O2/c1-14(23(33)34)11-27-22(32)19-26-13-18(20(30)28-19)21(31)29-24(2,3)17-8-6-15(7-9-17)16-5-4-10-25-12-16;2-1-3/h4-10,12-14H,11H2,1-3H3,(H,27,32)(H,29,31)(H,33,34)(H,26,28,30);1H,(H,2,3). The van der Waals surface area contributed by atoms with E-state index in [0.717, 1.165) is 22.9 Å². The average Bonchev–Trinajstić information content (AvgIpc) is 2.87. The van der Waals surface area contributed by atoms with Gasteiger partial charge in [-0.15, -0.1) is 0 Å². The summed E-state index contributed by atoms with van der Waals surface area (Å²) in [4.78, 5) is 65.5. The van der Waals surface area contributed by atoms with E-state index < -0.39 is 41.3 Å². The van der Waals surface area contributed by atoms with Gasteiger partial charge in [0.2, 0.25) is 0 Å². The maximum absolute atomic E-state index is 12.8. The van der Waals surface area contributed by atoms with Crippen molar-refractivity contribution in [1.29, 1.82) is 0 Å². The fourth-order valence-corrected chi connectivity index (χ4v) is 3.18. The maximum Gasteiger partial charge on any atom is 0.348 e. The van der Waals surface area contributed by atoms with E-state index in [2.05, 4.69) is 25.6 Å². The Balaban J connectivity index is 0.00000153. The van der Waals surface area contributed by atoms with Crippen LogP contribution in [0, 0.1) is 5.92 Å². The number of aliphatic carboxylic acids is 1. The number of carbonyl (C=O) groups excluding carboxylic acids is 3. The Morgan fingerprint density at radius 3 is 2.35 bits per heavy atom. The Hall–Kier alpha value is -4.87. The molecule has 1 atom stereocenters. The van der Waals surface area contributed by atoms with Crippen LogP contribution >= 0.6 is 0 Å². The molecule has 2 amide bonds. The van der Waals surface area contributed by atoms with Gasteiger partial charge in [-0.3, -0.25) is 19.4 Å². The minimum absolute atomic E-state index is 0.111. The van der Waals surface area contributed by atoms with Crippen molar-refractivity contribution in [3.05, 3.63) is 82.3 Å². The molecule has 12 heteroatoms. The van der Waals surface area contributed by atoms with Crippen LogP contribution in [0.4, 0.5) is 0 Å². The van der Waals surface area contributed by atoms with Gasteiger partial charge in [0.15, 0.2) is 5.56 Å². The number of benzene rings is 1. The normalized spacial score (nSPS) is 11.3. The van der Waals surface area contributed by atoms with Crippen molar-refractivity contribution in [2.24, 2.45) is 5.92 Å². The summed E-state index contributed by atoms with van der Waals surface area (Å²) >= 11 is 0. The van der Waals surface area contributed by atoms with Crippen LogP contribution in [0.1, 0.15) is 47.3 Å². The highest BCUT2D eigenvalue weighted by Gasteiger charge is 2.27. The Labute approximate surface area is 211 Å². The quantitative estimate of drug-likeness (QED) is 0.298. The van der Waals surface area contributed by atoms with E-state index in [1.165, 1.54) is 6.92 Å². The fourth-order valence-electron chi connectivity index (χ4n) is 3.18. The Morgan fingerprint density at radius 2 is 1.81 bits per heavy atom. The zero-order valence-corrected chi connectivity index (χ0v) is 20.4. The Bertz CT molecular complexity index is 1310. The molecule has 3 aromatic rings. The molecule has 0 aliphatic carbocycles. The zero-order valence-electron chi connectivity index (χ0n) is 20.4. The second kappa shape index (κ2) is 12.7. The third kappa shape index (κ3) is 7.82. The number of nitrogens with one attached hydrogen (secondary N) is 4. The minimum atomic E-state index is -1.06. The number of carboxylic acid groups (broad SMARTS) is 2. The lowest BCUT2D eigenvalue weighted by atomic mass is 9.92. The molecule has 0 aliphatic rings. The summed E-state index contributed by atoms with van der Waals surface area (Å²) in [6.45, 7) is 4.46. The van der Waals surface area contributed by atoms with Gasteiger partial charge in [0, 0.05) is 25.4 Å². The van der Waals surface area contributed by atoms with Crippen LogP contribution in [0.15, 0.2) is 59.8 Å². The molecule has 2 heterocycles. The summed E-state index contributed by atoms with van der Waals surface area (Å²) in [7, 11) is 0. The molecular weight excluding hydrogens is 482 g/mol. The van der Waals surface area contributed by atoms with E-state index in [4.69, 9.17) is 15.0 Å². The lowest BCUT2D eigenvalue weighted by Crippen LogP contribution is -2.44. The third-order valence-corrected chi connectivity index (χ3v) is 5.33. The van der Waals surface area contributed by atoms with Gasteiger partial charge in [-0.1, -0.05) is 37.3 Å². The van der Waals surface area contributed by atoms with E-state index in [0.29, 0.717) is 0 Å². The monoisotopic (exact) mass is 509 g/mol. The Kier molecular flexibility index (Phi) is 9.75. The number of H-pyrrole nitrogens is 2. The number of nitrogens with zero attached hydrogens (tertiary/aromatic N) is 1. The predicted molar refractivity (Wildman–Crippen MR) is 129 cm³/mol. The molecule has 0 bridgehead atoms. The number of carbonyl (C=O) groups is 4.